The highest BCUT2D eigenvalue weighted by molar-refractivity contribution is 5.79. The number of hydrogen-bond donors (Lipinski definition) is 0. The van der Waals surface area contributed by atoms with E-state index in [-0.39, 0.29) is 11.8 Å². The smallest absolute Gasteiger partial charge is 0.241 e. The number of nitrogens with zero attached hydrogens (tertiary/aromatic N) is 7. The highest BCUT2D eigenvalue weighted by Crippen LogP contribution is 2.31. The lowest BCUT2D eigenvalue weighted by atomic mass is 9.96. The molecule has 0 unspecified atom stereocenters. The Hall–Kier alpha value is -3.73. The lowest BCUT2D eigenvalue weighted by Crippen LogP contribution is -2.52. The van der Waals surface area contributed by atoms with Gasteiger partial charge in [0.25, 0.3) is 0 Å². The lowest BCUT2D eigenvalue weighted by Gasteiger charge is -2.38. The minimum absolute atomic E-state index is 0.0217. The molecule has 1 aromatic carbocycles. The summed E-state index contributed by atoms with van der Waals surface area (Å²) < 4.78 is 16.2. The second kappa shape index (κ2) is 10.9. The molecular weight excluding hydrogens is 462 g/mol. The molecular formula is C25H31N7O4. The molecule has 2 aliphatic rings. The highest BCUT2D eigenvalue weighted by Gasteiger charge is 2.32. The zero-order valence-electron chi connectivity index (χ0n) is 20.7. The van der Waals surface area contributed by atoms with Crippen molar-refractivity contribution in [2.75, 3.05) is 58.4 Å². The number of ether oxygens (including phenoxy) is 2. The Bertz CT molecular complexity index is 1160. The summed E-state index contributed by atoms with van der Waals surface area (Å²) in [6, 6.07) is 7.32. The number of methoxy groups -OCH3 is 2. The van der Waals surface area contributed by atoms with Crippen LogP contribution in [0.1, 0.15) is 18.7 Å². The summed E-state index contributed by atoms with van der Waals surface area (Å²) in [4.78, 5) is 32.8. The van der Waals surface area contributed by atoms with Crippen LogP contribution in [0, 0.1) is 5.92 Å². The third-order valence-electron chi connectivity index (χ3n) is 6.75. The van der Waals surface area contributed by atoms with Crippen LogP contribution >= 0.6 is 0 Å². The molecule has 36 heavy (non-hydrogen) atoms. The van der Waals surface area contributed by atoms with E-state index in [0.29, 0.717) is 49.4 Å². The van der Waals surface area contributed by atoms with Gasteiger partial charge >= 0.3 is 0 Å². The Morgan fingerprint density at radius 1 is 1.06 bits per heavy atom. The molecule has 4 heterocycles. The fourth-order valence-corrected chi connectivity index (χ4v) is 4.84. The number of carbonyl (C=O) groups is 1. The molecule has 11 nitrogen and oxygen atoms in total. The maximum Gasteiger partial charge on any atom is 0.241 e. The van der Waals surface area contributed by atoms with E-state index in [4.69, 9.17) is 14.0 Å². The van der Waals surface area contributed by atoms with Crippen LogP contribution in [0.4, 0.5) is 5.95 Å². The molecule has 0 N–H and O–H groups in total. The molecule has 190 valence electrons. The van der Waals surface area contributed by atoms with Gasteiger partial charge in [0.2, 0.25) is 23.6 Å². The summed E-state index contributed by atoms with van der Waals surface area (Å²) in [5.74, 6) is 3.21. The predicted molar refractivity (Wildman–Crippen MR) is 132 cm³/mol. The van der Waals surface area contributed by atoms with Crippen molar-refractivity contribution in [3.63, 3.8) is 0 Å². The number of anilines is 1. The summed E-state index contributed by atoms with van der Waals surface area (Å²) in [5.41, 5.74) is 0.786. The Morgan fingerprint density at radius 2 is 1.83 bits per heavy atom. The van der Waals surface area contributed by atoms with E-state index in [9.17, 15) is 4.79 Å². The summed E-state index contributed by atoms with van der Waals surface area (Å²) >= 11 is 0. The van der Waals surface area contributed by atoms with Crippen LogP contribution in [0.3, 0.4) is 0 Å². The molecule has 2 aliphatic heterocycles. The summed E-state index contributed by atoms with van der Waals surface area (Å²) in [5, 5.41) is 4.14. The van der Waals surface area contributed by atoms with E-state index in [2.05, 4.69) is 29.9 Å². The van der Waals surface area contributed by atoms with E-state index in [1.165, 1.54) is 0 Å². The van der Waals surface area contributed by atoms with E-state index < -0.39 is 0 Å². The number of likely N-dealkylation sites (tertiary alicyclic amines) is 1. The van der Waals surface area contributed by atoms with Gasteiger partial charge in [-0.15, -0.1) is 0 Å². The van der Waals surface area contributed by atoms with Crippen molar-refractivity contribution in [1.29, 1.82) is 0 Å². The molecule has 5 rings (SSSR count). The summed E-state index contributed by atoms with van der Waals surface area (Å²) in [6.07, 6.45) is 5.36. The van der Waals surface area contributed by atoms with Gasteiger partial charge in [-0.1, -0.05) is 5.16 Å². The molecule has 1 amide bonds. The average molecular weight is 494 g/mol. The molecule has 2 aromatic heterocycles. The number of piperazine rings is 1. The Labute approximate surface area is 210 Å². The van der Waals surface area contributed by atoms with E-state index >= 15 is 0 Å². The number of amides is 1. The van der Waals surface area contributed by atoms with Gasteiger partial charge in [-0.3, -0.25) is 9.69 Å². The maximum atomic E-state index is 13.3. The molecule has 3 aromatic rings. The van der Waals surface area contributed by atoms with Crippen molar-refractivity contribution in [2.45, 2.75) is 19.4 Å². The number of hydrogen-bond acceptors (Lipinski definition) is 10. The van der Waals surface area contributed by atoms with Gasteiger partial charge in [0.05, 0.1) is 26.7 Å². The fraction of sp³-hybridized carbons (Fsp3) is 0.480. The van der Waals surface area contributed by atoms with Crippen LogP contribution in [0.2, 0.25) is 0 Å². The molecule has 2 fully saturated rings. The largest absolute Gasteiger partial charge is 0.493 e. The van der Waals surface area contributed by atoms with Crippen LogP contribution in [-0.2, 0) is 11.3 Å². The van der Waals surface area contributed by atoms with Crippen LogP contribution in [0.5, 0.6) is 11.5 Å². The van der Waals surface area contributed by atoms with Gasteiger partial charge in [-0.2, -0.15) is 4.98 Å². The third-order valence-corrected chi connectivity index (χ3v) is 6.75. The van der Waals surface area contributed by atoms with Crippen molar-refractivity contribution in [2.24, 2.45) is 5.92 Å². The topological polar surface area (TPSA) is 110 Å². The Balaban J connectivity index is 1.16. The minimum atomic E-state index is -0.0217. The molecule has 11 heteroatoms. The van der Waals surface area contributed by atoms with E-state index in [0.717, 1.165) is 44.0 Å². The quantitative estimate of drug-likeness (QED) is 0.485. The number of piperidine rings is 1. The van der Waals surface area contributed by atoms with Crippen LogP contribution in [0.15, 0.2) is 41.2 Å². The van der Waals surface area contributed by atoms with Gasteiger partial charge < -0.3 is 23.8 Å². The second-order valence-corrected chi connectivity index (χ2v) is 9.02. The van der Waals surface area contributed by atoms with Gasteiger partial charge in [-0.25, -0.2) is 9.97 Å². The van der Waals surface area contributed by atoms with Gasteiger partial charge in [-0.05, 0) is 43.7 Å². The molecule has 2 saturated heterocycles. The fourth-order valence-electron chi connectivity index (χ4n) is 4.84. The Morgan fingerprint density at radius 3 is 2.58 bits per heavy atom. The molecule has 0 aliphatic carbocycles. The average Bonchev–Trinajstić information content (AvgIpc) is 3.41. The first-order chi connectivity index (χ1) is 17.6. The standard InChI is InChI=1S/C25H31N7O4/c1-34-20-7-6-18(15-21(20)35-2)23-28-22(36-29-23)17-30-10-3-5-19(16-30)24(33)31-11-13-32(14-12-31)25-26-8-4-9-27-25/h4,6-9,15,19H,3,5,10-14,16-17H2,1-2H3/t19-/m0/s1. The molecule has 0 saturated carbocycles. The van der Waals surface area contributed by atoms with Crippen LogP contribution in [-0.4, -0.2) is 89.3 Å². The van der Waals surface area contributed by atoms with Gasteiger partial charge in [0.15, 0.2) is 11.5 Å². The predicted octanol–water partition coefficient (Wildman–Crippen LogP) is 2.10. The summed E-state index contributed by atoms with van der Waals surface area (Å²) in [6.45, 7) is 4.97. The highest BCUT2D eigenvalue weighted by atomic mass is 16.5. The van der Waals surface area contributed by atoms with E-state index in [1.807, 2.05) is 29.2 Å². The van der Waals surface area contributed by atoms with Crippen molar-refractivity contribution >= 4 is 11.9 Å². The number of aromatic nitrogens is 4. The van der Waals surface area contributed by atoms with Crippen molar-refractivity contribution in [1.82, 2.24) is 29.9 Å². The molecule has 0 bridgehead atoms. The first kappa shape index (κ1) is 24.0. The number of benzene rings is 1. The second-order valence-electron chi connectivity index (χ2n) is 9.02. The number of carbonyl (C=O) groups excluding carboxylic acids is 1. The molecule has 0 spiro atoms. The zero-order valence-corrected chi connectivity index (χ0v) is 20.7. The normalized spacial score (nSPS) is 18.8. The van der Waals surface area contributed by atoms with Gasteiger partial charge in [0.1, 0.15) is 0 Å². The molecule has 1 atom stereocenters. The zero-order chi connectivity index (χ0) is 24.9. The SMILES string of the molecule is COc1ccc(-c2noc(CN3CCC[C@H](C(=O)N4CCN(c5ncccn5)CC4)C3)n2)cc1OC. The summed E-state index contributed by atoms with van der Waals surface area (Å²) in [7, 11) is 3.19. The molecule has 0 radical (unpaired) electrons. The van der Waals surface area contributed by atoms with E-state index in [1.54, 1.807) is 26.6 Å². The first-order valence-electron chi connectivity index (χ1n) is 12.2. The van der Waals surface area contributed by atoms with Crippen molar-refractivity contribution < 1.29 is 18.8 Å². The van der Waals surface area contributed by atoms with Crippen LogP contribution < -0.4 is 14.4 Å². The van der Waals surface area contributed by atoms with Crippen molar-refractivity contribution in [3.8, 4) is 22.9 Å². The van der Waals surface area contributed by atoms with Gasteiger partial charge in [0, 0.05) is 50.7 Å². The van der Waals surface area contributed by atoms with Crippen LogP contribution in [0.25, 0.3) is 11.4 Å². The Kier molecular flexibility index (Phi) is 7.26. The maximum absolute atomic E-state index is 13.3. The minimum Gasteiger partial charge on any atom is -0.493 e. The first-order valence-corrected chi connectivity index (χ1v) is 12.2. The number of rotatable bonds is 7. The van der Waals surface area contributed by atoms with Crippen molar-refractivity contribution in [3.05, 3.63) is 42.5 Å². The third kappa shape index (κ3) is 5.25. The lowest BCUT2D eigenvalue weighted by molar-refractivity contribution is -0.137. The monoisotopic (exact) mass is 493 g/mol.